The van der Waals surface area contributed by atoms with Gasteiger partial charge in [-0.15, -0.1) is 6.58 Å². The second kappa shape index (κ2) is 4.70. The van der Waals surface area contributed by atoms with E-state index in [0.717, 1.165) is 44.1 Å². The van der Waals surface area contributed by atoms with Crippen molar-refractivity contribution in [1.29, 1.82) is 0 Å². The molecule has 22 heavy (non-hydrogen) atoms. The van der Waals surface area contributed by atoms with Crippen LogP contribution in [0.15, 0.2) is 24.3 Å². The molecule has 2 fully saturated rings. The van der Waals surface area contributed by atoms with Crippen LogP contribution in [-0.4, -0.2) is 21.9 Å². The van der Waals surface area contributed by atoms with E-state index in [1.54, 1.807) is 0 Å². The van der Waals surface area contributed by atoms with Crippen LogP contribution in [0.3, 0.4) is 0 Å². The van der Waals surface area contributed by atoms with E-state index in [0.29, 0.717) is 5.92 Å². The van der Waals surface area contributed by atoms with Gasteiger partial charge in [0.15, 0.2) is 0 Å². The Morgan fingerprint density at radius 3 is 2.45 bits per heavy atom. The van der Waals surface area contributed by atoms with Crippen molar-refractivity contribution in [1.82, 2.24) is 0 Å². The third-order valence-electron chi connectivity index (χ3n) is 7.54. The summed E-state index contributed by atoms with van der Waals surface area (Å²) in [5, 5.41) is 22.6. The molecule has 5 atom stereocenters. The van der Waals surface area contributed by atoms with E-state index in [-0.39, 0.29) is 10.8 Å². The Labute approximate surface area is 135 Å². The van der Waals surface area contributed by atoms with Crippen LogP contribution in [0.25, 0.3) is 0 Å². The monoisotopic (exact) mass is 304 g/mol. The summed E-state index contributed by atoms with van der Waals surface area (Å²) >= 11 is 0. The molecule has 3 rings (SSSR count). The molecule has 0 saturated heterocycles. The number of rotatable bonds is 1. The van der Waals surface area contributed by atoms with E-state index in [1.165, 1.54) is 0 Å². The molecular formula is C20H32O2. The maximum absolute atomic E-state index is 11.7. The topological polar surface area (TPSA) is 40.5 Å². The SMILES string of the molecule is C=C[C@]1(C)C=C2CC[C@H]3C(C)(C)CC[C@H](O)[C@]3(C)[C@@]2(O)CC1. The van der Waals surface area contributed by atoms with Crippen molar-refractivity contribution in [2.24, 2.45) is 22.2 Å². The summed E-state index contributed by atoms with van der Waals surface area (Å²) in [6.45, 7) is 13.0. The standard InChI is InChI=1S/C20H32O2/c1-6-18(4)11-12-20(22)14(13-18)7-8-15-17(2,3)10-9-16(21)19(15,20)5/h6,13,15-16,21-22H,1,7-12H2,2-5H3/t15-,16-,18-,19+,20+/m0/s1. The summed E-state index contributed by atoms with van der Waals surface area (Å²) in [7, 11) is 0. The largest absolute Gasteiger partial charge is 0.392 e. The fraction of sp³-hybridized carbons (Fsp3) is 0.800. The smallest absolute Gasteiger partial charge is 0.0938 e. The second-order valence-corrected chi connectivity index (χ2v) is 9.16. The van der Waals surface area contributed by atoms with Crippen LogP contribution in [0.5, 0.6) is 0 Å². The highest BCUT2D eigenvalue weighted by molar-refractivity contribution is 5.34. The third-order valence-corrected chi connectivity index (χ3v) is 7.54. The van der Waals surface area contributed by atoms with Gasteiger partial charge in [-0.05, 0) is 55.4 Å². The van der Waals surface area contributed by atoms with Crippen molar-refractivity contribution in [3.8, 4) is 0 Å². The van der Waals surface area contributed by atoms with E-state index >= 15 is 0 Å². The number of hydrogen-bond acceptors (Lipinski definition) is 2. The molecule has 124 valence electrons. The quantitative estimate of drug-likeness (QED) is 0.712. The lowest BCUT2D eigenvalue weighted by Crippen LogP contribution is -2.66. The number of allylic oxidation sites excluding steroid dienone is 2. The molecule has 0 heterocycles. The van der Waals surface area contributed by atoms with E-state index < -0.39 is 17.1 Å². The molecule has 0 bridgehead atoms. The van der Waals surface area contributed by atoms with Crippen LogP contribution >= 0.6 is 0 Å². The molecule has 2 N–H and O–H groups in total. The lowest BCUT2D eigenvalue weighted by molar-refractivity contribution is -0.214. The van der Waals surface area contributed by atoms with Gasteiger partial charge in [-0.25, -0.2) is 0 Å². The molecule has 0 aromatic carbocycles. The first-order valence-corrected chi connectivity index (χ1v) is 8.85. The Hall–Kier alpha value is -0.600. The van der Waals surface area contributed by atoms with Crippen LogP contribution in [-0.2, 0) is 0 Å². The van der Waals surface area contributed by atoms with Gasteiger partial charge in [-0.3, -0.25) is 0 Å². The molecule has 0 spiro atoms. The molecular weight excluding hydrogens is 272 g/mol. The Bertz CT molecular complexity index is 520. The Morgan fingerprint density at radius 1 is 1.14 bits per heavy atom. The molecule has 0 amide bonds. The summed E-state index contributed by atoms with van der Waals surface area (Å²) < 4.78 is 0. The first-order chi connectivity index (χ1) is 10.1. The minimum atomic E-state index is -0.852. The highest BCUT2D eigenvalue weighted by atomic mass is 16.3. The first kappa shape index (κ1) is 16.3. The van der Waals surface area contributed by atoms with Crippen molar-refractivity contribution in [2.45, 2.75) is 77.9 Å². The lowest BCUT2D eigenvalue weighted by Gasteiger charge is -2.64. The van der Waals surface area contributed by atoms with E-state index in [4.69, 9.17) is 0 Å². The van der Waals surface area contributed by atoms with E-state index in [1.807, 2.05) is 6.08 Å². The predicted octanol–water partition coefficient (Wildman–Crippen LogP) is 4.23. The van der Waals surface area contributed by atoms with Crippen LogP contribution in [0.4, 0.5) is 0 Å². The summed E-state index contributed by atoms with van der Waals surface area (Å²) in [4.78, 5) is 0. The summed E-state index contributed by atoms with van der Waals surface area (Å²) in [6, 6.07) is 0. The molecule has 2 nitrogen and oxygen atoms in total. The van der Waals surface area contributed by atoms with Gasteiger partial charge in [-0.2, -0.15) is 0 Å². The second-order valence-electron chi connectivity index (χ2n) is 9.16. The van der Waals surface area contributed by atoms with Crippen molar-refractivity contribution in [3.63, 3.8) is 0 Å². The summed E-state index contributed by atoms with van der Waals surface area (Å²) in [5.74, 6) is 0.374. The van der Waals surface area contributed by atoms with Crippen LogP contribution in [0, 0.1) is 22.2 Å². The molecule has 0 aliphatic heterocycles. The zero-order valence-corrected chi connectivity index (χ0v) is 14.7. The maximum atomic E-state index is 11.7. The Morgan fingerprint density at radius 2 is 1.82 bits per heavy atom. The van der Waals surface area contributed by atoms with Crippen molar-refractivity contribution < 1.29 is 10.2 Å². The minimum Gasteiger partial charge on any atom is -0.392 e. The summed E-state index contributed by atoms with van der Waals surface area (Å²) in [6.07, 6.45) is 9.37. The Balaban J connectivity index is 2.11. The molecule has 3 aliphatic carbocycles. The van der Waals surface area contributed by atoms with Gasteiger partial charge in [0.25, 0.3) is 0 Å². The highest BCUT2D eigenvalue weighted by Crippen LogP contribution is 2.65. The number of hydrogen-bond donors (Lipinski definition) is 2. The zero-order valence-electron chi connectivity index (χ0n) is 14.7. The number of aliphatic hydroxyl groups excluding tert-OH is 1. The minimum absolute atomic E-state index is 0.0140. The molecule has 2 heteroatoms. The van der Waals surface area contributed by atoms with E-state index in [2.05, 4.69) is 40.3 Å². The van der Waals surface area contributed by atoms with Crippen molar-refractivity contribution in [3.05, 3.63) is 24.3 Å². The van der Waals surface area contributed by atoms with E-state index in [9.17, 15) is 10.2 Å². The average molecular weight is 304 g/mol. The van der Waals surface area contributed by atoms with Gasteiger partial charge in [0, 0.05) is 10.8 Å². The van der Waals surface area contributed by atoms with Gasteiger partial charge in [-0.1, -0.05) is 39.8 Å². The van der Waals surface area contributed by atoms with Gasteiger partial charge < -0.3 is 10.2 Å². The van der Waals surface area contributed by atoms with Gasteiger partial charge in [0.1, 0.15) is 0 Å². The third kappa shape index (κ3) is 1.93. The fourth-order valence-electron chi connectivity index (χ4n) is 5.84. The van der Waals surface area contributed by atoms with Crippen LogP contribution in [0.2, 0.25) is 0 Å². The van der Waals surface area contributed by atoms with Gasteiger partial charge in [0.2, 0.25) is 0 Å². The molecule has 3 aliphatic rings. The molecule has 2 saturated carbocycles. The van der Waals surface area contributed by atoms with Crippen LogP contribution < -0.4 is 0 Å². The predicted molar refractivity (Wildman–Crippen MR) is 90.4 cm³/mol. The van der Waals surface area contributed by atoms with Gasteiger partial charge in [0.05, 0.1) is 11.7 Å². The highest BCUT2D eigenvalue weighted by Gasteiger charge is 2.65. The molecule has 0 radical (unpaired) electrons. The van der Waals surface area contributed by atoms with Crippen LogP contribution in [0.1, 0.15) is 66.2 Å². The molecule has 0 aromatic heterocycles. The molecule has 0 aromatic rings. The fourth-order valence-corrected chi connectivity index (χ4v) is 5.84. The Kier molecular flexibility index (Phi) is 3.48. The molecule has 0 unspecified atom stereocenters. The first-order valence-electron chi connectivity index (χ1n) is 8.85. The normalized spacial score (nSPS) is 50.5. The number of fused-ring (bicyclic) bond motifs is 3. The van der Waals surface area contributed by atoms with Gasteiger partial charge >= 0.3 is 0 Å². The van der Waals surface area contributed by atoms with Crippen molar-refractivity contribution in [2.75, 3.05) is 0 Å². The number of aliphatic hydroxyl groups is 2. The maximum Gasteiger partial charge on any atom is 0.0938 e. The van der Waals surface area contributed by atoms with Crippen molar-refractivity contribution >= 4 is 0 Å². The summed E-state index contributed by atoms with van der Waals surface area (Å²) in [5.41, 5.74) is 0.0437. The zero-order chi connectivity index (χ0) is 16.4. The average Bonchev–Trinajstić information content (AvgIpc) is 2.46. The lowest BCUT2D eigenvalue weighted by atomic mass is 9.43.